The van der Waals surface area contributed by atoms with Crippen molar-refractivity contribution in [3.05, 3.63) is 21.1 Å². The highest BCUT2D eigenvalue weighted by Crippen LogP contribution is 2.35. The topological polar surface area (TPSA) is 67.4 Å². The van der Waals surface area contributed by atoms with Crippen LogP contribution in [0.3, 0.4) is 0 Å². The van der Waals surface area contributed by atoms with Crippen molar-refractivity contribution in [2.24, 2.45) is 0 Å². The number of rotatable bonds is 7. The van der Waals surface area contributed by atoms with Gasteiger partial charge in [0.15, 0.2) is 0 Å². The minimum Gasteiger partial charge on any atom is -0.495 e. The van der Waals surface area contributed by atoms with Crippen molar-refractivity contribution >= 4 is 47.6 Å². The third-order valence-electron chi connectivity index (χ3n) is 2.71. The summed E-state index contributed by atoms with van der Waals surface area (Å²) in [5, 5.41) is 2.49. The van der Waals surface area contributed by atoms with Crippen molar-refractivity contribution in [1.82, 2.24) is 5.32 Å². The van der Waals surface area contributed by atoms with Crippen LogP contribution in [0.5, 0.6) is 5.75 Å². The number of halogens is 2. The summed E-state index contributed by atoms with van der Waals surface area (Å²) in [5.74, 6) is 0.560. The van der Waals surface area contributed by atoms with Crippen LogP contribution in [-0.2, 0) is 10.0 Å². The fraction of sp³-hybridized carbons (Fsp3) is 0.500. The number of hydrogen-bond acceptors (Lipinski definition) is 4. The van der Waals surface area contributed by atoms with E-state index in [9.17, 15) is 8.42 Å². The van der Waals surface area contributed by atoms with Gasteiger partial charge in [-0.2, -0.15) is 0 Å². The van der Waals surface area contributed by atoms with E-state index in [0.29, 0.717) is 22.5 Å². The van der Waals surface area contributed by atoms with E-state index in [1.807, 2.05) is 6.92 Å². The molecule has 0 aromatic heterocycles. The zero-order chi connectivity index (χ0) is 15.3. The molecule has 0 fully saturated rings. The summed E-state index contributed by atoms with van der Waals surface area (Å²) in [6.07, 6.45) is 0. The Morgan fingerprint density at radius 3 is 2.50 bits per heavy atom. The molecular weight excluding hydrogens is 412 g/mol. The molecule has 0 bridgehead atoms. The van der Waals surface area contributed by atoms with Crippen molar-refractivity contribution in [3.63, 3.8) is 0 Å². The first-order valence-electron chi connectivity index (χ1n) is 6.07. The molecule has 0 spiro atoms. The molecule has 1 unspecified atom stereocenters. The van der Waals surface area contributed by atoms with Gasteiger partial charge in [0.1, 0.15) is 5.75 Å². The largest absolute Gasteiger partial charge is 0.495 e. The summed E-state index contributed by atoms with van der Waals surface area (Å²) in [5.41, 5.74) is 0.452. The van der Waals surface area contributed by atoms with Crippen LogP contribution in [0.1, 0.15) is 13.8 Å². The number of benzene rings is 1. The second-order valence-corrected chi connectivity index (χ2v) is 8.04. The summed E-state index contributed by atoms with van der Waals surface area (Å²) in [7, 11) is -1.93. The van der Waals surface area contributed by atoms with Gasteiger partial charge >= 0.3 is 0 Å². The molecule has 0 aliphatic carbocycles. The third-order valence-corrected chi connectivity index (χ3v) is 5.71. The second-order valence-electron chi connectivity index (χ2n) is 4.23. The molecule has 1 aromatic carbocycles. The van der Waals surface area contributed by atoms with Crippen molar-refractivity contribution in [3.8, 4) is 5.75 Å². The zero-order valence-electron chi connectivity index (χ0n) is 11.5. The Kier molecular flexibility index (Phi) is 6.77. The Balaban J connectivity index is 2.97. The molecule has 114 valence electrons. The molecule has 1 rings (SSSR count). The van der Waals surface area contributed by atoms with Crippen LogP contribution in [0.2, 0.25) is 0 Å². The third kappa shape index (κ3) is 4.61. The maximum absolute atomic E-state index is 12.2. The van der Waals surface area contributed by atoms with Crippen molar-refractivity contribution in [1.29, 1.82) is 0 Å². The minimum absolute atomic E-state index is 0.400. The van der Waals surface area contributed by atoms with Crippen LogP contribution in [0, 0.1) is 0 Å². The van der Waals surface area contributed by atoms with Crippen molar-refractivity contribution < 1.29 is 13.2 Å². The summed E-state index contributed by atoms with van der Waals surface area (Å²) in [6, 6.07) is 3.37. The molecule has 0 aliphatic heterocycles. The molecule has 8 heteroatoms. The summed E-state index contributed by atoms with van der Waals surface area (Å²) in [4.78, 5) is 0. The van der Waals surface area contributed by atoms with Gasteiger partial charge in [0, 0.05) is 17.1 Å². The maximum Gasteiger partial charge on any atom is 0.236 e. The fourth-order valence-electron chi connectivity index (χ4n) is 1.47. The number of methoxy groups -OCH3 is 1. The zero-order valence-corrected chi connectivity index (χ0v) is 15.5. The van der Waals surface area contributed by atoms with E-state index in [1.165, 1.54) is 7.11 Å². The predicted molar refractivity (Wildman–Crippen MR) is 88.9 cm³/mol. The second kappa shape index (κ2) is 7.63. The first-order valence-corrected chi connectivity index (χ1v) is 9.20. The van der Waals surface area contributed by atoms with E-state index in [-0.39, 0.29) is 0 Å². The molecule has 0 saturated carbocycles. The van der Waals surface area contributed by atoms with Crippen molar-refractivity contribution in [2.75, 3.05) is 24.9 Å². The number of sulfonamides is 1. The summed E-state index contributed by atoms with van der Waals surface area (Å²) in [6.45, 7) is 4.73. The lowest BCUT2D eigenvalue weighted by molar-refractivity contribution is 0.412. The van der Waals surface area contributed by atoms with Gasteiger partial charge in [0.05, 0.1) is 22.5 Å². The quantitative estimate of drug-likeness (QED) is 0.699. The molecular formula is C12H18Br2N2O3S. The number of anilines is 1. The maximum atomic E-state index is 12.2. The van der Waals surface area contributed by atoms with Crippen LogP contribution >= 0.6 is 31.9 Å². The van der Waals surface area contributed by atoms with Gasteiger partial charge in [-0.05, 0) is 51.4 Å². The highest BCUT2D eigenvalue weighted by Gasteiger charge is 2.21. The standard InChI is InChI=1S/C12H18Br2N2O3S/c1-4-15-7-8(2)20(17,18)16-11-6-12(19-3)10(14)5-9(11)13/h5-6,8,15-16H,4,7H2,1-3H3. The minimum atomic E-state index is -3.46. The number of ether oxygens (including phenoxy) is 1. The SMILES string of the molecule is CCNCC(C)S(=O)(=O)Nc1cc(OC)c(Br)cc1Br. The van der Waals surface area contributed by atoms with Crippen LogP contribution in [-0.4, -0.2) is 33.9 Å². The van der Waals surface area contributed by atoms with Gasteiger partial charge in [-0.1, -0.05) is 6.92 Å². The number of nitrogens with one attached hydrogen (secondary N) is 2. The van der Waals surface area contributed by atoms with Crippen LogP contribution < -0.4 is 14.8 Å². The molecule has 1 atom stereocenters. The Morgan fingerprint density at radius 2 is 1.95 bits per heavy atom. The van der Waals surface area contributed by atoms with Gasteiger partial charge in [-0.3, -0.25) is 4.72 Å². The molecule has 1 aromatic rings. The van der Waals surface area contributed by atoms with E-state index in [2.05, 4.69) is 41.9 Å². The number of hydrogen-bond donors (Lipinski definition) is 2. The highest BCUT2D eigenvalue weighted by atomic mass is 79.9. The Labute approximate surface area is 136 Å². The monoisotopic (exact) mass is 428 g/mol. The Morgan fingerprint density at radius 1 is 1.30 bits per heavy atom. The highest BCUT2D eigenvalue weighted by molar-refractivity contribution is 9.11. The first-order chi connectivity index (χ1) is 9.31. The molecule has 2 N–H and O–H groups in total. The lowest BCUT2D eigenvalue weighted by Crippen LogP contribution is -2.34. The van der Waals surface area contributed by atoms with Gasteiger partial charge in [-0.25, -0.2) is 8.42 Å². The molecule has 5 nitrogen and oxygen atoms in total. The molecule has 0 aliphatic rings. The van der Waals surface area contributed by atoms with Gasteiger partial charge in [0.2, 0.25) is 10.0 Å². The van der Waals surface area contributed by atoms with Gasteiger partial charge in [0.25, 0.3) is 0 Å². The normalized spacial score (nSPS) is 13.1. The molecule has 0 saturated heterocycles. The van der Waals surface area contributed by atoms with E-state index < -0.39 is 15.3 Å². The molecule has 0 radical (unpaired) electrons. The average Bonchev–Trinajstić information content (AvgIpc) is 2.38. The predicted octanol–water partition coefficient (Wildman–Crippen LogP) is 2.96. The van der Waals surface area contributed by atoms with E-state index in [4.69, 9.17) is 4.74 Å². The average molecular weight is 430 g/mol. The lowest BCUT2D eigenvalue weighted by Gasteiger charge is -2.17. The van der Waals surface area contributed by atoms with Crippen LogP contribution in [0.15, 0.2) is 21.1 Å². The summed E-state index contributed by atoms with van der Waals surface area (Å²) < 4.78 is 33.6. The Bertz CT molecular complexity index is 564. The van der Waals surface area contributed by atoms with Gasteiger partial charge < -0.3 is 10.1 Å². The molecule has 20 heavy (non-hydrogen) atoms. The smallest absolute Gasteiger partial charge is 0.236 e. The molecule has 0 amide bonds. The van der Waals surface area contributed by atoms with E-state index in [0.717, 1.165) is 11.0 Å². The lowest BCUT2D eigenvalue weighted by atomic mass is 10.3. The van der Waals surface area contributed by atoms with Crippen molar-refractivity contribution in [2.45, 2.75) is 19.1 Å². The molecule has 0 heterocycles. The first kappa shape index (κ1) is 17.7. The Hall–Kier alpha value is -0.310. The van der Waals surface area contributed by atoms with Gasteiger partial charge in [-0.15, -0.1) is 0 Å². The van der Waals surface area contributed by atoms with E-state index in [1.54, 1.807) is 19.1 Å². The van der Waals surface area contributed by atoms with E-state index >= 15 is 0 Å². The summed E-state index contributed by atoms with van der Waals surface area (Å²) >= 11 is 6.68. The van der Waals surface area contributed by atoms with Crippen LogP contribution in [0.25, 0.3) is 0 Å². The van der Waals surface area contributed by atoms with Crippen LogP contribution in [0.4, 0.5) is 5.69 Å². The fourth-order valence-corrected chi connectivity index (χ4v) is 3.87.